The Morgan fingerprint density at radius 3 is 2.23 bits per heavy atom. The van der Waals surface area contributed by atoms with Crippen molar-refractivity contribution in [1.82, 2.24) is 0 Å². The molecule has 0 radical (unpaired) electrons. The van der Waals surface area contributed by atoms with Crippen LogP contribution in [-0.4, -0.2) is 51.9 Å². The van der Waals surface area contributed by atoms with Crippen molar-refractivity contribution in [3.05, 3.63) is 48.2 Å². The molecule has 0 amide bonds. The van der Waals surface area contributed by atoms with E-state index in [0.717, 1.165) is 0 Å². The fraction of sp³-hybridized carbons (Fsp3) is 0.438. The summed E-state index contributed by atoms with van der Waals surface area (Å²) in [5.41, 5.74) is 0.438. The number of rotatable bonds is 5. The first-order valence-electron chi connectivity index (χ1n) is 6.82. The highest BCUT2D eigenvalue weighted by Gasteiger charge is 2.46. The molecule has 1 aliphatic heterocycles. The lowest BCUT2D eigenvalue weighted by Crippen LogP contribution is -2.55. The van der Waals surface area contributed by atoms with Gasteiger partial charge in [0.2, 0.25) is 6.29 Å². The summed E-state index contributed by atoms with van der Waals surface area (Å²) >= 11 is 0. The molecule has 1 aromatic rings. The Bertz CT molecular complexity index is 515. The van der Waals surface area contributed by atoms with Crippen molar-refractivity contribution in [3.8, 4) is 0 Å². The first kappa shape index (κ1) is 16.5. The van der Waals surface area contributed by atoms with E-state index >= 15 is 0 Å². The van der Waals surface area contributed by atoms with Crippen molar-refractivity contribution in [2.75, 3.05) is 21.3 Å². The van der Waals surface area contributed by atoms with Gasteiger partial charge >= 0.3 is 5.97 Å². The van der Waals surface area contributed by atoms with Gasteiger partial charge in [-0.05, 0) is 12.1 Å². The van der Waals surface area contributed by atoms with Gasteiger partial charge in [-0.3, -0.25) is 0 Å². The van der Waals surface area contributed by atoms with E-state index in [9.17, 15) is 4.79 Å². The van der Waals surface area contributed by atoms with Crippen LogP contribution < -0.4 is 0 Å². The topological polar surface area (TPSA) is 63.2 Å². The van der Waals surface area contributed by atoms with Gasteiger partial charge in [0.15, 0.2) is 6.10 Å². The number of methoxy groups -OCH3 is 3. The van der Waals surface area contributed by atoms with Crippen LogP contribution in [0, 0.1) is 0 Å². The van der Waals surface area contributed by atoms with Gasteiger partial charge in [0.05, 0.1) is 5.56 Å². The highest BCUT2D eigenvalue weighted by atomic mass is 16.7. The Balaban J connectivity index is 2.17. The number of hydrogen-bond acceptors (Lipinski definition) is 6. The second-order valence-corrected chi connectivity index (χ2v) is 4.78. The van der Waals surface area contributed by atoms with Crippen LogP contribution in [0.15, 0.2) is 42.7 Å². The molecule has 0 aliphatic carbocycles. The molecule has 0 spiro atoms. The highest BCUT2D eigenvalue weighted by molar-refractivity contribution is 5.89. The predicted octanol–water partition coefficient (Wildman–Crippen LogP) is 1.76. The molecule has 120 valence electrons. The fourth-order valence-corrected chi connectivity index (χ4v) is 2.37. The van der Waals surface area contributed by atoms with Gasteiger partial charge in [-0.2, -0.15) is 0 Å². The molecule has 0 saturated carbocycles. The Morgan fingerprint density at radius 2 is 1.68 bits per heavy atom. The van der Waals surface area contributed by atoms with Crippen LogP contribution in [0.4, 0.5) is 0 Å². The number of carbonyl (C=O) groups excluding carboxylic acids is 1. The van der Waals surface area contributed by atoms with Gasteiger partial charge in [0.25, 0.3) is 0 Å². The van der Waals surface area contributed by atoms with Crippen LogP contribution in [0.25, 0.3) is 0 Å². The molecule has 1 heterocycles. The third-order valence-corrected chi connectivity index (χ3v) is 3.50. The molecule has 1 aliphatic rings. The number of hydrogen-bond donors (Lipinski definition) is 0. The maximum absolute atomic E-state index is 12.2. The largest absolute Gasteiger partial charge is 0.463 e. The van der Waals surface area contributed by atoms with Crippen molar-refractivity contribution in [2.24, 2.45) is 0 Å². The summed E-state index contributed by atoms with van der Waals surface area (Å²) in [4.78, 5) is 12.2. The zero-order chi connectivity index (χ0) is 16.1. The molecule has 1 fully saturated rings. The Labute approximate surface area is 129 Å². The molecule has 22 heavy (non-hydrogen) atoms. The van der Waals surface area contributed by atoms with Gasteiger partial charge in [-0.1, -0.05) is 24.8 Å². The van der Waals surface area contributed by atoms with Crippen LogP contribution >= 0.6 is 0 Å². The minimum atomic E-state index is -0.783. The normalized spacial score (nSPS) is 28.0. The van der Waals surface area contributed by atoms with Crippen molar-refractivity contribution >= 4 is 5.97 Å². The Kier molecular flexibility index (Phi) is 5.54. The van der Waals surface area contributed by atoms with Crippen LogP contribution in [0.1, 0.15) is 10.4 Å². The smallest absolute Gasteiger partial charge is 0.338 e. The lowest BCUT2D eigenvalue weighted by atomic mass is 10.0. The van der Waals surface area contributed by atoms with Gasteiger partial charge in [-0.25, -0.2) is 4.79 Å². The summed E-state index contributed by atoms with van der Waals surface area (Å²) in [5, 5.41) is 0. The molecule has 4 atom stereocenters. The summed E-state index contributed by atoms with van der Waals surface area (Å²) in [5.74, 6) is -0.223. The third-order valence-electron chi connectivity index (χ3n) is 3.50. The summed E-state index contributed by atoms with van der Waals surface area (Å²) in [6.45, 7) is 3.79. The first-order chi connectivity index (χ1) is 10.6. The SMILES string of the molecule is C=C1O[C@H](OC)[C@H](OC)[C@@H](OC)[C@@H]1OC(=O)c1ccccc1. The van der Waals surface area contributed by atoms with Gasteiger partial charge < -0.3 is 23.7 Å². The van der Waals surface area contributed by atoms with Gasteiger partial charge in [0.1, 0.15) is 18.0 Å². The maximum atomic E-state index is 12.2. The molecule has 1 saturated heterocycles. The van der Waals surface area contributed by atoms with Crippen LogP contribution in [0.2, 0.25) is 0 Å². The fourth-order valence-electron chi connectivity index (χ4n) is 2.37. The average Bonchev–Trinajstić information content (AvgIpc) is 2.56. The van der Waals surface area contributed by atoms with E-state index in [1.165, 1.54) is 21.3 Å². The first-order valence-corrected chi connectivity index (χ1v) is 6.82. The minimum Gasteiger partial charge on any atom is -0.463 e. The third kappa shape index (κ3) is 3.30. The van der Waals surface area contributed by atoms with E-state index in [-0.39, 0.29) is 5.76 Å². The molecule has 0 aromatic heterocycles. The molecular formula is C16H20O6. The molecule has 6 heteroatoms. The maximum Gasteiger partial charge on any atom is 0.338 e. The molecule has 1 aromatic carbocycles. The van der Waals surface area contributed by atoms with Crippen LogP contribution in [0.3, 0.4) is 0 Å². The van der Waals surface area contributed by atoms with Gasteiger partial charge in [0, 0.05) is 21.3 Å². The number of carbonyl (C=O) groups is 1. The Hall–Kier alpha value is -1.89. The van der Waals surface area contributed by atoms with Crippen molar-refractivity contribution in [1.29, 1.82) is 0 Å². The van der Waals surface area contributed by atoms with E-state index in [0.29, 0.717) is 5.56 Å². The summed E-state index contributed by atoms with van der Waals surface area (Å²) < 4.78 is 27.0. The second kappa shape index (κ2) is 7.40. The molecule has 2 rings (SSSR count). The average molecular weight is 308 g/mol. The van der Waals surface area contributed by atoms with Gasteiger partial charge in [-0.15, -0.1) is 0 Å². The zero-order valence-corrected chi connectivity index (χ0v) is 12.9. The van der Waals surface area contributed by atoms with Crippen molar-refractivity contribution in [2.45, 2.75) is 24.6 Å². The lowest BCUT2D eigenvalue weighted by molar-refractivity contribution is -0.247. The summed E-state index contributed by atoms with van der Waals surface area (Å²) in [6.07, 6.45) is -2.58. The monoisotopic (exact) mass is 308 g/mol. The lowest BCUT2D eigenvalue weighted by Gasteiger charge is -2.40. The molecule has 0 bridgehead atoms. The van der Waals surface area contributed by atoms with E-state index in [2.05, 4.69) is 6.58 Å². The number of benzene rings is 1. The summed E-state index contributed by atoms with van der Waals surface area (Å²) in [6, 6.07) is 8.68. The highest BCUT2D eigenvalue weighted by Crippen LogP contribution is 2.29. The van der Waals surface area contributed by atoms with E-state index in [1.807, 2.05) is 6.07 Å². The quantitative estimate of drug-likeness (QED) is 0.772. The minimum absolute atomic E-state index is 0.260. The molecule has 0 unspecified atom stereocenters. The van der Waals surface area contributed by atoms with Crippen molar-refractivity contribution < 1.29 is 28.5 Å². The molecule has 0 N–H and O–H groups in total. The van der Waals surface area contributed by atoms with E-state index < -0.39 is 30.6 Å². The zero-order valence-electron chi connectivity index (χ0n) is 12.9. The molecule has 6 nitrogen and oxygen atoms in total. The summed E-state index contributed by atoms with van der Waals surface area (Å²) in [7, 11) is 4.51. The predicted molar refractivity (Wildman–Crippen MR) is 78.3 cm³/mol. The Morgan fingerprint density at radius 1 is 1.05 bits per heavy atom. The van der Waals surface area contributed by atoms with Crippen LogP contribution in [0.5, 0.6) is 0 Å². The second-order valence-electron chi connectivity index (χ2n) is 4.78. The van der Waals surface area contributed by atoms with E-state index in [4.69, 9.17) is 23.7 Å². The van der Waals surface area contributed by atoms with Crippen molar-refractivity contribution in [3.63, 3.8) is 0 Å². The van der Waals surface area contributed by atoms with Crippen LogP contribution in [-0.2, 0) is 23.7 Å². The number of ether oxygens (including phenoxy) is 5. The standard InChI is InChI=1S/C16H20O6/c1-10-12(22-15(17)11-8-6-5-7-9-11)13(18-2)14(19-3)16(20-4)21-10/h5-9,12-14,16H,1H2,2-4H3/t12-,13+,14-,16+/m1/s1. The molecular weight excluding hydrogens is 288 g/mol. The van der Waals surface area contributed by atoms with E-state index in [1.54, 1.807) is 24.3 Å². The number of esters is 1.